The fourth-order valence-corrected chi connectivity index (χ4v) is 4.42. The number of carbonyl (C=O) groups excluding carboxylic acids is 2. The number of hydrogen-bond acceptors (Lipinski definition) is 5. The van der Waals surface area contributed by atoms with Gasteiger partial charge in [0, 0.05) is 18.5 Å². The van der Waals surface area contributed by atoms with Crippen LogP contribution < -0.4 is 14.4 Å². The van der Waals surface area contributed by atoms with E-state index in [1.165, 1.54) is 12.1 Å². The summed E-state index contributed by atoms with van der Waals surface area (Å²) in [6.45, 7) is 0.393. The zero-order valence-corrected chi connectivity index (χ0v) is 15.7. The molecule has 0 aliphatic carbocycles. The normalized spacial score (nSPS) is 15.6. The Hall–Kier alpha value is -2.87. The highest BCUT2D eigenvalue weighted by Gasteiger charge is 2.36. The van der Waals surface area contributed by atoms with Gasteiger partial charge in [0.15, 0.2) is 0 Å². The van der Waals surface area contributed by atoms with E-state index in [9.17, 15) is 18.0 Å². The van der Waals surface area contributed by atoms with Gasteiger partial charge in [-0.15, -0.1) is 0 Å². The summed E-state index contributed by atoms with van der Waals surface area (Å²) in [4.78, 5) is 24.3. The van der Waals surface area contributed by atoms with E-state index >= 15 is 0 Å². The van der Waals surface area contributed by atoms with Crippen molar-refractivity contribution >= 4 is 27.5 Å². The fraction of sp³-hybridized carbons (Fsp3) is 0.263. The molecular weight excluding hydrogens is 368 g/mol. The molecule has 0 spiro atoms. The highest BCUT2D eigenvalue weighted by molar-refractivity contribution is 7.94. The van der Waals surface area contributed by atoms with Crippen LogP contribution in [-0.4, -0.2) is 39.6 Å². The Labute approximate surface area is 158 Å². The summed E-state index contributed by atoms with van der Waals surface area (Å²) >= 11 is 0. The van der Waals surface area contributed by atoms with Gasteiger partial charge in [0.25, 0.3) is 5.91 Å². The molecule has 1 saturated heterocycles. The Morgan fingerprint density at radius 3 is 2.67 bits per heavy atom. The summed E-state index contributed by atoms with van der Waals surface area (Å²) in [7, 11) is -2.06. The van der Waals surface area contributed by atoms with Gasteiger partial charge in [0.1, 0.15) is 5.75 Å². The van der Waals surface area contributed by atoms with E-state index in [0.717, 1.165) is 15.6 Å². The molecule has 1 fully saturated rings. The molecule has 1 N–H and O–H groups in total. The molecule has 1 aliphatic rings. The lowest BCUT2D eigenvalue weighted by Crippen LogP contribution is -2.30. The largest absolute Gasteiger partial charge is 0.496 e. The molecule has 1 heterocycles. The number of anilines is 1. The van der Waals surface area contributed by atoms with Crippen LogP contribution in [0.15, 0.2) is 48.5 Å². The van der Waals surface area contributed by atoms with Crippen LogP contribution in [0.25, 0.3) is 0 Å². The molecule has 0 unspecified atom stereocenters. The number of ether oxygens (including phenoxy) is 1. The smallest absolute Gasteiger partial charge is 0.251 e. The number of sulfonamides is 1. The third-order valence-corrected chi connectivity index (χ3v) is 5.98. The minimum Gasteiger partial charge on any atom is -0.496 e. The van der Waals surface area contributed by atoms with E-state index in [2.05, 4.69) is 5.32 Å². The Morgan fingerprint density at radius 1 is 1.19 bits per heavy atom. The summed E-state index contributed by atoms with van der Waals surface area (Å²) in [5.74, 6) is -0.271. The number of nitrogens with one attached hydrogen (secondary N) is 1. The van der Waals surface area contributed by atoms with Gasteiger partial charge in [-0.1, -0.05) is 24.3 Å². The zero-order chi connectivity index (χ0) is 19.4. The number of carbonyl (C=O) groups is 2. The first-order valence-corrected chi connectivity index (χ1v) is 10.1. The Bertz CT molecular complexity index is 972. The second-order valence-electron chi connectivity index (χ2n) is 6.09. The maximum absolute atomic E-state index is 12.4. The topological polar surface area (TPSA) is 92.8 Å². The third-order valence-electron chi connectivity index (χ3n) is 4.29. The fourth-order valence-electron chi connectivity index (χ4n) is 2.96. The van der Waals surface area contributed by atoms with Crippen molar-refractivity contribution in [3.8, 4) is 5.75 Å². The van der Waals surface area contributed by atoms with Crippen LogP contribution in [0.3, 0.4) is 0 Å². The van der Waals surface area contributed by atoms with Crippen LogP contribution in [-0.2, 0) is 21.2 Å². The molecule has 2 aromatic rings. The number of methoxy groups -OCH3 is 1. The van der Waals surface area contributed by atoms with Crippen molar-refractivity contribution in [2.45, 2.75) is 12.8 Å². The number of amides is 2. The molecule has 142 valence electrons. The van der Waals surface area contributed by atoms with E-state index in [-0.39, 0.29) is 23.8 Å². The third kappa shape index (κ3) is 4.11. The number of para-hydroxylation sites is 1. The van der Waals surface area contributed by atoms with Crippen molar-refractivity contribution in [1.82, 2.24) is 5.32 Å². The second-order valence-corrected chi connectivity index (χ2v) is 8.03. The van der Waals surface area contributed by atoms with Crippen LogP contribution in [0, 0.1) is 0 Å². The lowest BCUT2D eigenvalue weighted by molar-refractivity contribution is -0.116. The minimum atomic E-state index is -3.65. The van der Waals surface area contributed by atoms with Crippen LogP contribution in [0.2, 0.25) is 0 Å². The molecule has 0 radical (unpaired) electrons. The van der Waals surface area contributed by atoms with Crippen molar-refractivity contribution in [2.75, 3.05) is 23.7 Å². The zero-order valence-electron chi connectivity index (χ0n) is 14.8. The van der Waals surface area contributed by atoms with Gasteiger partial charge < -0.3 is 10.1 Å². The Morgan fingerprint density at radius 2 is 1.96 bits per heavy atom. The van der Waals surface area contributed by atoms with E-state index < -0.39 is 15.9 Å². The average molecular weight is 388 g/mol. The molecule has 0 saturated carbocycles. The monoisotopic (exact) mass is 388 g/mol. The van der Waals surface area contributed by atoms with Gasteiger partial charge >= 0.3 is 0 Å². The molecular formula is C19H20N2O5S. The van der Waals surface area contributed by atoms with Gasteiger partial charge in [0.2, 0.25) is 15.9 Å². The average Bonchev–Trinajstić information content (AvgIpc) is 2.94. The molecule has 0 bridgehead atoms. The first-order valence-electron chi connectivity index (χ1n) is 8.48. The van der Waals surface area contributed by atoms with Gasteiger partial charge in [-0.25, -0.2) is 12.7 Å². The lowest BCUT2D eigenvalue weighted by atomic mass is 10.1. The molecule has 7 nitrogen and oxygen atoms in total. The SMILES string of the molecule is COc1ccccc1CCNC(=O)c1cccc(N2C(=O)CCS2(=O)=O)c1. The summed E-state index contributed by atoms with van der Waals surface area (Å²) < 4.78 is 30.1. The predicted molar refractivity (Wildman–Crippen MR) is 101 cm³/mol. The molecule has 3 rings (SSSR count). The quantitative estimate of drug-likeness (QED) is 0.814. The molecule has 8 heteroatoms. The van der Waals surface area contributed by atoms with Gasteiger partial charge in [-0.2, -0.15) is 0 Å². The van der Waals surface area contributed by atoms with Crippen molar-refractivity contribution in [3.05, 3.63) is 59.7 Å². The Kier molecular flexibility index (Phi) is 5.46. The molecule has 0 aromatic heterocycles. The van der Waals surface area contributed by atoms with Crippen LogP contribution >= 0.6 is 0 Å². The Balaban J connectivity index is 1.68. The van der Waals surface area contributed by atoms with Crippen molar-refractivity contribution in [1.29, 1.82) is 0 Å². The lowest BCUT2D eigenvalue weighted by Gasteiger charge is -2.16. The standard InChI is InChI=1S/C19H20N2O5S/c1-26-17-8-3-2-5-14(17)9-11-20-19(23)15-6-4-7-16(13-15)21-18(22)10-12-27(21,24)25/h2-8,13H,9-12H2,1H3,(H,20,23). The van der Waals surface area contributed by atoms with Crippen molar-refractivity contribution in [3.63, 3.8) is 0 Å². The minimum absolute atomic E-state index is 0.0440. The predicted octanol–water partition coefficient (Wildman–Crippen LogP) is 1.73. The summed E-state index contributed by atoms with van der Waals surface area (Å²) in [5.41, 5.74) is 1.46. The summed E-state index contributed by atoms with van der Waals surface area (Å²) in [6.07, 6.45) is 0.548. The number of nitrogens with zero attached hydrogens (tertiary/aromatic N) is 1. The second kappa shape index (κ2) is 7.79. The molecule has 2 amide bonds. The van der Waals surface area contributed by atoms with E-state index in [1.807, 2.05) is 24.3 Å². The van der Waals surface area contributed by atoms with E-state index in [0.29, 0.717) is 18.5 Å². The van der Waals surface area contributed by atoms with Gasteiger partial charge in [0.05, 0.1) is 18.6 Å². The summed E-state index contributed by atoms with van der Waals surface area (Å²) in [6, 6.07) is 13.6. The number of benzene rings is 2. The molecule has 2 aromatic carbocycles. The molecule has 0 atom stereocenters. The first kappa shape index (κ1) is 18.9. The highest BCUT2D eigenvalue weighted by Crippen LogP contribution is 2.25. The summed E-state index contributed by atoms with van der Waals surface area (Å²) in [5, 5.41) is 2.80. The maximum Gasteiger partial charge on any atom is 0.251 e. The highest BCUT2D eigenvalue weighted by atomic mass is 32.2. The van der Waals surface area contributed by atoms with Crippen LogP contribution in [0.1, 0.15) is 22.3 Å². The van der Waals surface area contributed by atoms with E-state index in [1.54, 1.807) is 19.2 Å². The van der Waals surface area contributed by atoms with Crippen molar-refractivity contribution < 1.29 is 22.7 Å². The van der Waals surface area contributed by atoms with Crippen LogP contribution in [0.5, 0.6) is 5.75 Å². The van der Waals surface area contributed by atoms with Crippen LogP contribution in [0.4, 0.5) is 5.69 Å². The molecule has 27 heavy (non-hydrogen) atoms. The molecule has 1 aliphatic heterocycles. The maximum atomic E-state index is 12.4. The van der Waals surface area contributed by atoms with Crippen molar-refractivity contribution in [2.24, 2.45) is 0 Å². The number of rotatable bonds is 6. The van der Waals surface area contributed by atoms with Gasteiger partial charge in [-0.05, 0) is 36.2 Å². The van der Waals surface area contributed by atoms with Gasteiger partial charge in [-0.3, -0.25) is 9.59 Å². The number of hydrogen-bond donors (Lipinski definition) is 1. The van der Waals surface area contributed by atoms with E-state index in [4.69, 9.17) is 4.74 Å². The first-order chi connectivity index (χ1) is 12.9.